The van der Waals surface area contributed by atoms with Crippen LogP contribution in [0.3, 0.4) is 0 Å². The Balaban J connectivity index is 1.39. The third kappa shape index (κ3) is 3.43. The Kier molecular flexibility index (Phi) is 5.13. The molecule has 196 valence electrons. The standard InChI is InChI=1S/C40H25NS/c1-3-11-26(12-4-1)27-19-21-28(22-20-27)29-23-24-35-34(25-29)37-31-15-7-8-16-32(31)38-33-17-9-10-18-36(33)42-40(38)39(37)41(35)30-13-5-2-6-14-30/h1-25H. The largest absolute Gasteiger partial charge is 0.308 e. The molecular weight excluding hydrogens is 527 g/mol. The van der Waals surface area contributed by atoms with Crippen LogP contribution in [0.1, 0.15) is 0 Å². The van der Waals surface area contributed by atoms with Gasteiger partial charge in [-0.05, 0) is 63.4 Å². The first kappa shape index (κ1) is 23.5. The summed E-state index contributed by atoms with van der Waals surface area (Å²) >= 11 is 1.91. The van der Waals surface area contributed by atoms with Gasteiger partial charge in [0.05, 0.1) is 15.7 Å². The Bertz CT molecular complexity index is 2430. The van der Waals surface area contributed by atoms with Crippen molar-refractivity contribution in [2.24, 2.45) is 0 Å². The normalized spacial score (nSPS) is 11.8. The molecule has 0 saturated carbocycles. The van der Waals surface area contributed by atoms with Gasteiger partial charge in [-0.3, -0.25) is 0 Å². The zero-order chi connectivity index (χ0) is 27.6. The molecule has 0 aliphatic rings. The number of hydrogen-bond acceptors (Lipinski definition) is 1. The zero-order valence-electron chi connectivity index (χ0n) is 22.8. The molecular formula is C40H25NS. The van der Waals surface area contributed by atoms with E-state index in [9.17, 15) is 0 Å². The highest BCUT2D eigenvalue weighted by Gasteiger charge is 2.22. The second kappa shape index (κ2) is 9.17. The molecule has 7 aromatic carbocycles. The van der Waals surface area contributed by atoms with Crippen molar-refractivity contribution < 1.29 is 0 Å². The average Bonchev–Trinajstić information content (AvgIpc) is 3.62. The van der Waals surface area contributed by atoms with Gasteiger partial charge >= 0.3 is 0 Å². The number of fused-ring (bicyclic) bond motifs is 10. The van der Waals surface area contributed by atoms with Gasteiger partial charge in [0.15, 0.2) is 0 Å². The lowest BCUT2D eigenvalue weighted by molar-refractivity contribution is 1.19. The minimum Gasteiger partial charge on any atom is -0.308 e. The molecule has 0 unspecified atom stereocenters. The summed E-state index contributed by atoms with van der Waals surface area (Å²) in [5.41, 5.74) is 8.65. The highest BCUT2D eigenvalue weighted by Crippen LogP contribution is 2.48. The summed E-state index contributed by atoms with van der Waals surface area (Å²) in [7, 11) is 0. The molecule has 0 bridgehead atoms. The van der Waals surface area contributed by atoms with Crippen LogP contribution in [0.15, 0.2) is 152 Å². The fraction of sp³-hybridized carbons (Fsp3) is 0. The van der Waals surface area contributed by atoms with Gasteiger partial charge in [-0.15, -0.1) is 11.3 Å². The molecule has 2 heterocycles. The molecule has 0 N–H and O–H groups in total. The van der Waals surface area contributed by atoms with E-state index in [2.05, 4.69) is 156 Å². The Hall–Kier alpha value is -5.18. The highest BCUT2D eigenvalue weighted by molar-refractivity contribution is 7.27. The minimum atomic E-state index is 1.19. The summed E-state index contributed by atoms with van der Waals surface area (Å²) in [6, 6.07) is 55.2. The van der Waals surface area contributed by atoms with Crippen molar-refractivity contribution >= 4 is 64.1 Å². The summed E-state index contributed by atoms with van der Waals surface area (Å²) in [4.78, 5) is 0. The van der Waals surface area contributed by atoms with E-state index in [1.807, 2.05) is 11.3 Å². The molecule has 9 rings (SSSR count). The highest BCUT2D eigenvalue weighted by atomic mass is 32.1. The maximum absolute atomic E-state index is 2.48. The number of aromatic nitrogens is 1. The van der Waals surface area contributed by atoms with Gasteiger partial charge in [-0.1, -0.05) is 121 Å². The predicted molar refractivity (Wildman–Crippen MR) is 182 cm³/mol. The Labute approximate surface area is 247 Å². The molecule has 2 heteroatoms. The molecule has 0 saturated heterocycles. The van der Waals surface area contributed by atoms with Gasteiger partial charge < -0.3 is 4.57 Å². The topological polar surface area (TPSA) is 4.93 Å². The Morgan fingerprint density at radius 2 is 0.952 bits per heavy atom. The molecule has 0 aliphatic carbocycles. The van der Waals surface area contributed by atoms with Crippen molar-refractivity contribution in [2.45, 2.75) is 0 Å². The second-order valence-corrected chi connectivity index (χ2v) is 12.0. The maximum atomic E-state index is 2.48. The summed E-state index contributed by atoms with van der Waals surface area (Å²) in [6.07, 6.45) is 0. The van der Waals surface area contributed by atoms with Crippen LogP contribution >= 0.6 is 11.3 Å². The van der Waals surface area contributed by atoms with Gasteiger partial charge in [0.25, 0.3) is 0 Å². The van der Waals surface area contributed by atoms with Crippen molar-refractivity contribution in [1.82, 2.24) is 4.57 Å². The third-order valence-corrected chi connectivity index (χ3v) is 9.76. The lowest BCUT2D eigenvalue weighted by Crippen LogP contribution is -1.93. The first-order valence-electron chi connectivity index (χ1n) is 14.4. The predicted octanol–water partition coefficient (Wildman–Crippen LogP) is 11.6. The van der Waals surface area contributed by atoms with E-state index in [4.69, 9.17) is 0 Å². The van der Waals surface area contributed by atoms with Crippen LogP contribution in [0.4, 0.5) is 0 Å². The number of benzene rings is 7. The van der Waals surface area contributed by atoms with Crippen LogP contribution in [0.25, 0.3) is 80.7 Å². The van der Waals surface area contributed by atoms with Gasteiger partial charge in [-0.25, -0.2) is 0 Å². The van der Waals surface area contributed by atoms with E-state index in [1.54, 1.807) is 0 Å². The van der Waals surface area contributed by atoms with Gasteiger partial charge in [0.2, 0.25) is 0 Å². The lowest BCUT2D eigenvalue weighted by atomic mass is 9.96. The fourth-order valence-electron chi connectivity index (χ4n) is 6.69. The summed E-state index contributed by atoms with van der Waals surface area (Å²) < 4.78 is 5.16. The van der Waals surface area contributed by atoms with Crippen molar-refractivity contribution in [2.75, 3.05) is 0 Å². The molecule has 0 radical (unpaired) electrons. The van der Waals surface area contributed by atoms with Crippen molar-refractivity contribution in [1.29, 1.82) is 0 Å². The molecule has 9 aromatic rings. The van der Waals surface area contributed by atoms with Crippen LogP contribution < -0.4 is 0 Å². The minimum absolute atomic E-state index is 1.19. The van der Waals surface area contributed by atoms with Gasteiger partial charge in [-0.2, -0.15) is 0 Å². The molecule has 0 amide bonds. The molecule has 0 atom stereocenters. The van der Waals surface area contributed by atoms with E-state index in [0.717, 1.165) is 0 Å². The number of rotatable bonds is 3. The van der Waals surface area contributed by atoms with Crippen LogP contribution in [-0.4, -0.2) is 4.57 Å². The van der Waals surface area contributed by atoms with Gasteiger partial charge in [0.1, 0.15) is 0 Å². The second-order valence-electron chi connectivity index (χ2n) is 10.9. The summed E-state index contributed by atoms with van der Waals surface area (Å²) in [6.45, 7) is 0. The van der Waals surface area contributed by atoms with E-state index < -0.39 is 0 Å². The van der Waals surface area contributed by atoms with E-state index in [1.165, 1.54) is 80.7 Å². The quantitative estimate of drug-likeness (QED) is 0.206. The molecule has 42 heavy (non-hydrogen) atoms. The Morgan fingerprint density at radius 3 is 1.69 bits per heavy atom. The maximum Gasteiger partial charge on any atom is 0.0726 e. The number of hydrogen-bond donors (Lipinski definition) is 0. The van der Waals surface area contributed by atoms with Crippen LogP contribution in [0.2, 0.25) is 0 Å². The molecule has 0 spiro atoms. The smallest absolute Gasteiger partial charge is 0.0726 e. The summed E-state index contributed by atoms with van der Waals surface area (Å²) in [5, 5.41) is 7.93. The van der Waals surface area contributed by atoms with Gasteiger partial charge in [0, 0.05) is 31.9 Å². The molecule has 2 aromatic heterocycles. The average molecular weight is 552 g/mol. The van der Waals surface area contributed by atoms with Crippen LogP contribution in [0, 0.1) is 0 Å². The number of thiophene rings is 1. The third-order valence-electron chi connectivity index (χ3n) is 8.58. The molecule has 1 nitrogen and oxygen atoms in total. The van der Waals surface area contributed by atoms with Crippen LogP contribution in [-0.2, 0) is 0 Å². The van der Waals surface area contributed by atoms with E-state index >= 15 is 0 Å². The monoisotopic (exact) mass is 551 g/mol. The van der Waals surface area contributed by atoms with Crippen molar-refractivity contribution in [3.63, 3.8) is 0 Å². The first-order chi connectivity index (χ1) is 20.8. The Morgan fingerprint density at radius 1 is 0.405 bits per heavy atom. The van der Waals surface area contributed by atoms with Crippen molar-refractivity contribution in [3.8, 4) is 27.9 Å². The fourth-order valence-corrected chi connectivity index (χ4v) is 7.95. The zero-order valence-corrected chi connectivity index (χ0v) is 23.6. The molecule has 0 aliphatic heterocycles. The van der Waals surface area contributed by atoms with Crippen LogP contribution in [0.5, 0.6) is 0 Å². The number of nitrogens with zero attached hydrogens (tertiary/aromatic N) is 1. The first-order valence-corrected chi connectivity index (χ1v) is 15.2. The van der Waals surface area contributed by atoms with E-state index in [-0.39, 0.29) is 0 Å². The lowest BCUT2D eigenvalue weighted by Gasteiger charge is -2.10. The number of para-hydroxylation sites is 1. The molecule has 0 fully saturated rings. The summed E-state index contributed by atoms with van der Waals surface area (Å²) in [5.74, 6) is 0. The van der Waals surface area contributed by atoms with E-state index in [0.29, 0.717) is 0 Å². The van der Waals surface area contributed by atoms with Crippen molar-refractivity contribution in [3.05, 3.63) is 152 Å². The SMILES string of the molecule is c1ccc(-c2ccc(-c3ccc4c(c3)c3c5ccccc5c5c6ccccc6sc5c3n4-c3ccccc3)cc2)cc1.